The van der Waals surface area contributed by atoms with Crippen LogP contribution in [0.25, 0.3) is 0 Å². The molecule has 0 saturated heterocycles. The zero-order valence-electron chi connectivity index (χ0n) is 14.4. The van der Waals surface area contributed by atoms with Crippen molar-refractivity contribution in [3.05, 3.63) is 34.9 Å². The molecule has 0 aromatic heterocycles. The molecule has 0 amide bonds. The molecule has 21 heavy (non-hydrogen) atoms. The SMILES string of the molecule is CCCCC(CC)(CNC(C)(C)C)Cc1ccc(Cl)cc1. The normalized spacial score (nSPS) is 15.0. The summed E-state index contributed by atoms with van der Waals surface area (Å²) in [6.07, 6.45) is 6.18. The van der Waals surface area contributed by atoms with Gasteiger partial charge in [0, 0.05) is 17.1 Å². The number of nitrogens with one attached hydrogen (secondary N) is 1. The van der Waals surface area contributed by atoms with E-state index in [2.05, 4.69) is 52.1 Å². The van der Waals surface area contributed by atoms with E-state index in [0.29, 0.717) is 5.41 Å². The average Bonchev–Trinajstić information content (AvgIpc) is 2.43. The van der Waals surface area contributed by atoms with Gasteiger partial charge in [0.15, 0.2) is 0 Å². The quantitative estimate of drug-likeness (QED) is 0.634. The summed E-state index contributed by atoms with van der Waals surface area (Å²) >= 11 is 6.01. The average molecular weight is 310 g/mol. The van der Waals surface area contributed by atoms with Gasteiger partial charge in [-0.3, -0.25) is 0 Å². The molecule has 1 unspecified atom stereocenters. The fourth-order valence-electron chi connectivity index (χ4n) is 2.71. The monoisotopic (exact) mass is 309 g/mol. The molecule has 1 rings (SSSR count). The zero-order chi connectivity index (χ0) is 15.9. The molecular formula is C19H32ClN. The number of rotatable bonds is 8. The summed E-state index contributed by atoms with van der Waals surface area (Å²) in [5, 5.41) is 4.55. The molecule has 1 nitrogen and oxygen atoms in total. The van der Waals surface area contributed by atoms with Crippen LogP contribution in [0.2, 0.25) is 5.02 Å². The third kappa shape index (κ3) is 6.84. The Labute approximate surface area is 136 Å². The van der Waals surface area contributed by atoms with Crippen LogP contribution in [0.1, 0.15) is 65.9 Å². The van der Waals surface area contributed by atoms with Crippen molar-refractivity contribution in [3.63, 3.8) is 0 Å². The maximum atomic E-state index is 6.01. The minimum atomic E-state index is 0.173. The summed E-state index contributed by atoms with van der Waals surface area (Å²) in [7, 11) is 0. The summed E-state index contributed by atoms with van der Waals surface area (Å²) in [5.41, 5.74) is 1.91. The molecule has 0 aliphatic heterocycles. The Morgan fingerprint density at radius 3 is 2.14 bits per heavy atom. The second-order valence-corrected chi connectivity index (χ2v) is 7.80. The second kappa shape index (κ2) is 8.19. The van der Waals surface area contributed by atoms with Gasteiger partial charge in [0.1, 0.15) is 0 Å². The predicted molar refractivity (Wildman–Crippen MR) is 95.2 cm³/mol. The van der Waals surface area contributed by atoms with Gasteiger partial charge in [0.25, 0.3) is 0 Å². The van der Waals surface area contributed by atoms with Crippen LogP contribution in [0.5, 0.6) is 0 Å². The van der Waals surface area contributed by atoms with Crippen LogP contribution in [0.15, 0.2) is 24.3 Å². The lowest BCUT2D eigenvalue weighted by Crippen LogP contribution is -2.44. The first-order valence-electron chi connectivity index (χ1n) is 8.30. The molecule has 1 atom stereocenters. The number of halogens is 1. The van der Waals surface area contributed by atoms with Gasteiger partial charge in [-0.05, 0) is 63.1 Å². The lowest BCUT2D eigenvalue weighted by molar-refractivity contribution is 0.206. The van der Waals surface area contributed by atoms with Crippen LogP contribution in [-0.4, -0.2) is 12.1 Å². The molecule has 1 aromatic carbocycles. The van der Waals surface area contributed by atoms with Crippen molar-refractivity contribution >= 4 is 11.6 Å². The summed E-state index contributed by atoms with van der Waals surface area (Å²) in [6, 6.07) is 8.37. The van der Waals surface area contributed by atoms with Gasteiger partial charge in [0.2, 0.25) is 0 Å². The standard InChI is InChI=1S/C19H32ClN/c1-6-8-13-19(7-2,15-21-18(3,4)5)14-16-9-11-17(20)12-10-16/h9-12,21H,6-8,13-15H2,1-5H3. The Hall–Kier alpha value is -0.530. The molecule has 0 fully saturated rings. The number of benzene rings is 1. The largest absolute Gasteiger partial charge is 0.312 e. The van der Waals surface area contributed by atoms with Gasteiger partial charge in [-0.2, -0.15) is 0 Å². The van der Waals surface area contributed by atoms with Gasteiger partial charge < -0.3 is 5.32 Å². The summed E-state index contributed by atoms with van der Waals surface area (Å²) < 4.78 is 0. The first-order valence-corrected chi connectivity index (χ1v) is 8.67. The number of hydrogen-bond acceptors (Lipinski definition) is 1. The highest BCUT2D eigenvalue weighted by Gasteiger charge is 2.29. The molecule has 2 heteroatoms. The van der Waals surface area contributed by atoms with Gasteiger partial charge in [-0.25, -0.2) is 0 Å². The molecule has 0 bridgehead atoms. The Balaban J connectivity index is 2.85. The van der Waals surface area contributed by atoms with E-state index in [9.17, 15) is 0 Å². The van der Waals surface area contributed by atoms with Crippen molar-refractivity contribution in [2.45, 2.75) is 72.3 Å². The Kier molecular flexibility index (Phi) is 7.23. The van der Waals surface area contributed by atoms with Gasteiger partial charge in [-0.15, -0.1) is 0 Å². The zero-order valence-corrected chi connectivity index (χ0v) is 15.2. The van der Waals surface area contributed by atoms with Crippen molar-refractivity contribution in [1.82, 2.24) is 5.32 Å². The van der Waals surface area contributed by atoms with E-state index in [1.54, 1.807) is 0 Å². The van der Waals surface area contributed by atoms with E-state index in [1.165, 1.54) is 31.2 Å². The molecule has 0 heterocycles. The molecular weight excluding hydrogens is 278 g/mol. The maximum Gasteiger partial charge on any atom is 0.0406 e. The summed E-state index contributed by atoms with van der Waals surface area (Å²) in [5.74, 6) is 0. The van der Waals surface area contributed by atoms with Crippen molar-refractivity contribution in [1.29, 1.82) is 0 Å². The van der Waals surface area contributed by atoms with Gasteiger partial charge in [0.05, 0.1) is 0 Å². The van der Waals surface area contributed by atoms with E-state index in [4.69, 9.17) is 11.6 Å². The smallest absolute Gasteiger partial charge is 0.0406 e. The van der Waals surface area contributed by atoms with Crippen molar-refractivity contribution < 1.29 is 0 Å². The number of hydrogen-bond donors (Lipinski definition) is 1. The Morgan fingerprint density at radius 1 is 1.05 bits per heavy atom. The van der Waals surface area contributed by atoms with Crippen molar-refractivity contribution in [3.8, 4) is 0 Å². The fraction of sp³-hybridized carbons (Fsp3) is 0.684. The molecule has 1 N–H and O–H groups in total. The van der Waals surface area contributed by atoms with Crippen LogP contribution in [-0.2, 0) is 6.42 Å². The molecule has 0 spiro atoms. The highest BCUT2D eigenvalue weighted by molar-refractivity contribution is 6.30. The third-order valence-corrected chi connectivity index (χ3v) is 4.55. The predicted octanol–water partition coefficient (Wildman–Crippen LogP) is 5.86. The minimum absolute atomic E-state index is 0.173. The second-order valence-electron chi connectivity index (χ2n) is 7.36. The molecule has 0 aliphatic rings. The van der Waals surface area contributed by atoms with E-state index >= 15 is 0 Å². The highest BCUT2D eigenvalue weighted by Crippen LogP contribution is 2.33. The topological polar surface area (TPSA) is 12.0 Å². The third-order valence-electron chi connectivity index (χ3n) is 4.30. The Bertz CT molecular complexity index is 405. The first kappa shape index (κ1) is 18.5. The molecule has 0 saturated carbocycles. The van der Waals surface area contributed by atoms with E-state index in [1.807, 2.05) is 12.1 Å². The number of unbranched alkanes of at least 4 members (excludes halogenated alkanes) is 1. The van der Waals surface area contributed by atoms with E-state index < -0.39 is 0 Å². The van der Waals surface area contributed by atoms with Crippen LogP contribution in [0.4, 0.5) is 0 Å². The Morgan fingerprint density at radius 2 is 1.67 bits per heavy atom. The first-order chi connectivity index (χ1) is 9.80. The van der Waals surface area contributed by atoms with Gasteiger partial charge >= 0.3 is 0 Å². The fourth-order valence-corrected chi connectivity index (χ4v) is 2.83. The van der Waals surface area contributed by atoms with E-state index in [0.717, 1.165) is 18.0 Å². The molecule has 120 valence electrons. The summed E-state index contributed by atoms with van der Waals surface area (Å²) in [6.45, 7) is 12.4. The summed E-state index contributed by atoms with van der Waals surface area (Å²) in [4.78, 5) is 0. The van der Waals surface area contributed by atoms with Gasteiger partial charge in [-0.1, -0.05) is 50.4 Å². The van der Waals surface area contributed by atoms with E-state index in [-0.39, 0.29) is 5.54 Å². The van der Waals surface area contributed by atoms with Crippen LogP contribution >= 0.6 is 11.6 Å². The molecule has 0 aliphatic carbocycles. The lowest BCUT2D eigenvalue weighted by Gasteiger charge is -2.36. The van der Waals surface area contributed by atoms with Crippen molar-refractivity contribution in [2.75, 3.05) is 6.54 Å². The van der Waals surface area contributed by atoms with Crippen LogP contribution < -0.4 is 5.32 Å². The van der Waals surface area contributed by atoms with Crippen LogP contribution in [0, 0.1) is 5.41 Å². The lowest BCUT2D eigenvalue weighted by atomic mass is 9.74. The molecule has 1 aromatic rings. The molecule has 0 radical (unpaired) electrons. The maximum absolute atomic E-state index is 6.01. The highest BCUT2D eigenvalue weighted by atomic mass is 35.5. The van der Waals surface area contributed by atoms with Crippen LogP contribution in [0.3, 0.4) is 0 Å². The minimum Gasteiger partial charge on any atom is -0.312 e. The van der Waals surface area contributed by atoms with Crippen molar-refractivity contribution in [2.24, 2.45) is 5.41 Å².